The highest BCUT2D eigenvalue weighted by Crippen LogP contribution is 2.21. The van der Waals surface area contributed by atoms with Crippen LogP contribution in [0.2, 0.25) is 0 Å². The highest BCUT2D eigenvalue weighted by atomic mass is 16.3. The van der Waals surface area contributed by atoms with Crippen LogP contribution in [-0.4, -0.2) is 21.6 Å². The first kappa shape index (κ1) is 9.27. The van der Waals surface area contributed by atoms with Gasteiger partial charge in [-0.15, -0.1) is 0 Å². The number of aliphatic hydroxyl groups is 1. The van der Waals surface area contributed by atoms with Crippen LogP contribution in [-0.2, 0) is 11.8 Å². The van der Waals surface area contributed by atoms with Gasteiger partial charge in [-0.2, -0.15) is 0 Å². The number of aromatic nitrogens is 1. The molecule has 0 aliphatic heterocycles. The summed E-state index contributed by atoms with van der Waals surface area (Å²) in [5, 5.41) is 12.5. The maximum Gasteiger partial charge on any atom is 0.255 e. The van der Waals surface area contributed by atoms with E-state index in [-0.39, 0.29) is 11.9 Å². The zero-order chi connectivity index (χ0) is 10.1. The van der Waals surface area contributed by atoms with Gasteiger partial charge in [0.25, 0.3) is 5.91 Å². The summed E-state index contributed by atoms with van der Waals surface area (Å²) in [5.41, 5.74) is 0.628. The Morgan fingerprint density at radius 2 is 2.43 bits per heavy atom. The molecule has 1 unspecified atom stereocenters. The van der Waals surface area contributed by atoms with Gasteiger partial charge >= 0.3 is 0 Å². The third-order valence-electron chi connectivity index (χ3n) is 2.44. The maximum atomic E-state index is 11.5. The molecule has 1 fully saturated rings. The van der Waals surface area contributed by atoms with E-state index in [1.54, 1.807) is 10.6 Å². The molecular weight excluding hydrogens is 180 g/mol. The van der Waals surface area contributed by atoms with E-state index in [0.717, 1.165) is 12.8 Å². The first-order valence-corrected chi connectivity index (χ1v) is 4.78. The van der Waals surface area contributed by atoms with Gasteiger partial charge < -0.3 is 15.0 Å². The van der Waals surface area contributed by atoms with E-state index in [2.05, 4.69) is 5.32 Å². The quantitative estimate of drug-likeness (QED) is 0.729. The molecule has 4 heteroatoms. The Morgan fingerprint density at radius 1 is 1.71 bits per heavy atom. The Morgan fingerprint density at radius 3 is 2.93 bits per heavy atom. The van der Waals surface area contributed by atoms with Gasteiger partial charge in [0.2, 0.25) is 0 Å². The van der Waals surface area contributed by atoms with E-state index < -0.39 is 6.10 Å². The molecule has 0 saturated heterocycles. The lowest BCUT2D eigenvalue weighted by molar-refractivity contribution is -0.130. The van der Waals surface area contributed by atoms with Gasteiger partial charge in [0.1, 0.15) is 0 Å². The number of nitrogens with one attached hydrogen (secondary N) is 1. The van der Waals surface area contributed by atoms with Crippen molar-refractivity contribution in [1.82, 2.24) is 9.88 Å². The normalized spacial score (nSPS) is 17.9. The van der Waals surface area contributed by atoms with Gasteiger partial charge in [0.05, 0.1) is 5.69 Å². The molecular formula is C10H14N2O2. The molecule has 0 aromatic carbocycles. The van der Waals surface area contributed by atoms with Crippen molar-refractivity contribution in [3.63, 3.8) is 0 Å². The van der Waals surface area contributed by atoms with Crippen molar-refractivity contribution in [2.75, 3.05) is 0 Å². The van der Waals surface area contributed by atoms with E-state index in [0.29, 0.717) is 5.69 Å². The van der Waals surface area contributed by atoms with Crippen molar-refractivity contribution in [3.8, 4) is 0 Å². The van der Waals surface area contributed by atoms with Crippen LogP contribution in [0.3, 0.4) is 0 Å². The van der Waals surface area contributed by atoms with Gasteiger partial charge in [-0.3, -0.25) is 4.79 Å². The average Bonchev–Trinajstić information content (AvgIpc) is 2.86. The van der Waals surface area contributed by atoms with Crippen molar-refractivity contribution in [1.29, 1.82) is 0 Å². The largest absolute Gasteiger partial charge is 0.377 e. The van der Waals surface area contributed by atoms with E-state index in [1.165, 1.54) is 0 Å². The molecule has 1 atom stereocenters. The fourth-order valence-corrected chi connectivity index (χ4v) is 1.40. The molecule has 1 aromatic heterocycles. The zero-order valence-electron chi connectivity index (χ0n) is 8.10. The highest BCUT2D eigenvalue weighted by molar-refractivity contribution is 5.82. The van der Waals surface area contributed by atoms with Crippen LogP contribution in [0.1, 0.15) is 24.6 Å². The molecule has 0 spiro atoms. The predicted octanol–water partition coefficient (Wildman–Crippen LogP) is 0.337. The Bertz CT molecular complexity index is 342. The number of carbonyl (C=O) groups is 1. The zero-order valence-corrected chi connectivity index (χ0v) is 8.10. The van der Waals surface area contributed by atoms with Crippen molar-refractivity contribution in [3.05, 3.63) is 24.0 Å². The number of nitrogens with zero attached hydrogens (tertiary/aromatic N) is 1. The molecule has 1 saturated carbocycles. The molecule has 4 nitrogen and oxygen atoms in total. The van der Waals surface area contributed by atoms with Crippen LogP contribution in [0.15, 0.2) is 18.3 Å². The molecule has 1 amide bonds. The second kappa shape index (κ2) is 3.46. The first-order chi connectivity index (χ1) is 6.68. The Balaban J connectivity index is 2.03. The van der Waals surface area contributed by atoms with Crippen LogP contribution >= 0.6 is 0 Å². The summed E-state index contributed by atoms with van der Waals surface area (Å²) < 4.78 is 1.75. The predicted molar refractivity (Wildman–Crippen MR) is 51.5 cm³/mol. The minimum atomic E-state index is -1.05. The van der Waals surface area contributed by atoms with Gasteiger partial charge in [-0.05, 0) is 25.0 Å². The molecule has 0 radical (unpaired) electrons. The summed E-state index contributed by atoms with van der Waals surface area (Å²) in [7, 11) is 1.81. The van der Waals surface area contributed by atoms with Crippen LogP contribution in [0.5, 0.6) is 0 Å². The van der Waals surface area contributed by atoms with E-state index >= 15 is 0 Å². The monoisotopic (exact) mass is 194 g/mol. The SMILES string of the molecule is Cn1cccc1C(O)C(=O)NC1CC1. The van der Waals surface area contributed by atoms with Crippen molar-refractivity contribution >= 4 is 5.91 Å². The van der Waals surface area contributed by atoms with Crippen molar-refractivity contribution in [2.45, 2.75) is 25.0 Å². The van der Waals surface area contributed by atoms with E-state index in [9.17, 15) is 9.90 Å². The average molecular weight is 194 g/mol. The van der Waals surface area contributed by atoms with Gasteiger partial charge in [0, 0.05) is 19.3 Å². The second-order valence-electron chi connectivity index (χ2n) is 3.73. The molecule has 1 heterocycles. The number of rotatable bonds is 3. The molecule has 14 heavy (non-hydrogen) atoms. The summed E-state index contributed by atoms with van der Waals surface area (Å²) in [6.45, 7) is 0. The number of hydrogen-bond donors (Lipinski definition) is 2. The lowest BCUT2D eigenvalue weighted by Gasteiger charge is -2.11. The Hall–Kier alpha value is -1.29. The third-order valence-corrected chi connectivity index (χ3v) is 2.44. The maximum absolute atomic E-state index is 11.5. The number of aryl methyl sites for hydroxylation is 1. The molecule has 76 valence electrons. The lowest BCUT2D eigenvalue weighted by Crippen LogP contribution is -2.31. The van der Waals surface area contributed by atoms with Crippen LogP contribution in [0, 0.1) is 0 Å². The number of hydrogen-bond acceptors (Lipinski definition) is 2. The van der Waals surface area contributed by atoms with Gasteiger partial charge in [0.15, 0.2) is 6.10 Å². The summed E-state index contributed by atoms with van der Waals surface area (Å²) in [6.07, 6.45) is 2.83. The number of carbonyl (C=O) groups excluding carboxylic acids is 1. The minimum Gasteiger partial charge on any atom is -0.377 e. The van der Waals surface area contributed by atoms with E-state index in [1.807, 2.05) is 19.3 Å². The minimum absolute atomic E-state index is 0.289. The Labute approximate surface area is 82.5 Å². The molecule has 1 aliphatic carbocycles. The smallest absolute Gasteiger partial charge is 0.255 e. The summed E-state index contributed by atoms with van der Waals surface area (Å²) in [5.74, 6) is -0.297. The van der Waals surface area contributed by atoms with Crippen molar-refractivity contribution < 1.29 is 9.90 Å². The van der Waals surface area contributed by atoms with E-state index in [4.69, 9.17) is 0 Å². The van der Waals surface area contributed by atoms with Gasteiger partial charge in [-0.25, -0.2) is 0 Å². The molecule has 1 aromatic rings. The second-order valence-corrected chi connectivity index (χ2v) is 3.73. The van der Waals surface area contributed by atoms with Crippen LogP contribution < -0.4 is 5.32 Å². The standard InChI is InChI=1S/C10H14N2O2/c1-12-6-2-3-8(12)9(13)10(14)11-7-4-5-7/h2-3,6-7,9,13H,4-5H2,1H3,(H,11,14). The van der Waals surface area contributed by atoms with Crippen LogP contribution in [0.4, 0.5) is 0 Å². The van der Waals surface area contributed by atoms with Crippen molar-refractivity contribution in [2.24, 2.45) is 7.05 Å². The summed E-state index contributed by atoms with van der Waals surface area (Å²) in [6, 6.07) is 3.84. The number of amides is 1. The first-order valence-electron chi connectivity index (χ1n) is 4.78. The molecule has 0 bridgehead atoms. The highest BCUT2D eigenvalue weighted by Gasteiger charge is 2.27. The lowest BCUT2D eigenvalue weighted by atomic mass is 10.2. The summed E-state index contributed by atoms with van der Waals surface area (Å²) in [4.78, 5) is 11.5. The topological polar surface area (TPSA) is 54.3 Å². The fourth-order valence-electron chi connectivity index (χ4n) is 1.40. The Kier molecular flexibility index (Phi) is 2.29. The molecule has 1 aliphatic rings. The molecule has 2 N–H and O–H groups in total. The fraction of sp³-hybridized carbons (Fsp3) is 0.500. The third kappa shape index (κ3) is 1.80. The summed E-state index contributed by atoms with van der Waals surface area (Å²) >= 11 is 0. The number of aliphatic hydroxyl groups excluding tert-OH is 1. The van der Waals surface area contributed by atoms with Crippen LogP contribution in [0.25, 0.3) is 0 Å². The van der Waals surface area contributed by atoms with Gasteiger partial charge in [-0.1, -0.05) is 0 Å². The molecule has 2 rings (SSSR count).